The Bertz CT molecular complexity index is 187. The second-order valence-electron chi connectivity index (χ2n) is 3.35. The third-order valence-electron chi connectivity index (χ3n) is 1.16. The standard InChI is InChI=1S/C11H18O.C2H6/c1-9(2)6-7-11(5)12-8-10(3)4;1-2/h6-7,10H,1,5,8H2,2-4H3;1-2H3/b7-6-;. The average molecular weight is 196 g/mol. The van der Waals surface area contributed by atoms with Crippen molar-refractivity contribution in [3.05, 3.63) is 36.6 Å². The van der Waals surface area contributed by atoms with Crippen LogP contribution in [0.2, 0.25) is 0 Å². The Kier molecular flexibility index (Phi) is 11.2. The van der Waals surface area contributed by atoms with Crippen LogP contribution in [-0.4, -0.2) is 6.61 Å². The predicted octanol–water partition coefficient (Wildman–Crippen LogP) is 4.33. The molecule has 0 fully saturated rings. The number of allylic oxidation sites excluding steroid dienone is 3. The summed E-state index contributed by atoms with van der Waals surface area (Å²) >= 11 is 0. The zero-order valence-electron chi connectivity index (χ0n) is 10.3. The Morgan fingerprint density at radius 2 is 1.71 bits per heavy atom. The molecule has 0 saturated heterocycles. The first-order valence-electron chi connectivity index (χ1n) is 5.17. The molecule has 82 valence electrons. The molecular weight excluding hydrogens is 172 g/mol. The van der Waals surface area contributed by atoms with Gasteiger partial charge in [-0.15, -0.1) is 0 Å². The van der Waals surface area contributed by atoms with E-state index >= 15 is 0 Å². The quantitative estimate of drug-likeness (QED) is 0.469. The van der Waals surface area contributed by atoms with E-state index in [0.717, 1.165) is 12.2 Å². The Morgan fingerprint density at radius 3 is 2.07 bits per heavy atom. The van der Waals surface area contributed by atoms with Crippen molar-refractivity contribution in [1.29, 1.82) is 0 Å². The van der Waals surface area contributed by atoms with Gasteiger partial charge >= 0.3 is 0 Å². The van der Waals surface area contributed by atoms with Gasteiger partial charge in [-0.25, -0.2) is 0 Å². The van der Waals surface area contributed by atoms with Gasteiger partial charge in [-0.1, -0.05) is 52.5 Å². The minimum Gasteiger partial charge on any atom is -0.494 e. The summed E-state index contributed by atoms with van der Waals surface area (Å²) in [6.07, 6.45) is 3.73. The molecule has 0 radical (unpaired) electrons. The van der Waals surface area contributed by atoms with Crippen LogP contribution >= 0.6 is 0 Å². The molecule has 0 aliphatic carbocycles. The lowest BCUT2D eigenvalue weighted by atomic mass is 10.2. The molecule has 0 rings (SSSR count). The zero-order valence-corrected chi connectivity index (χ0v) is 10.3. The highest BCUT2D eigenvalue weighted by molar-refractivity contribution is 5.19. The fraction of sp³-hybridized carbons (Fsp3) is 0.538. The highest BCUT2D eigenvalue weighted by Gasteiger charge is 1.93. The highest BCUT2D eigenvalue weighted by Crippen LogP contribution is 2.02. The van der Waals surface area contributed by atoms with E-state index in [9.17, 15) is 0 Å². The molecule has 1 nitrogen and oxygen atoms in total. The van der Waals surface area contributed by atoms with Gasteiger partial charge in [0.2, 0.25) is 0 Å². The molecule has 0 atom stereocenters. The van der Waals surface area contributed by atoms with Crippen molar-refractivity contribution in [3.63, 3.8) is 0 Å². The third kappa shape index (κ3) is 13.6. The molecule has 14 heavy (non-hydrogen) atoms. The molecule has 0 aromatic rings. The zero-order chi connectivity index (χ0) is 11.6. The summed E-state index contributed by atoms with van der Waals surface area (Å²) in [5.41, 5.74) is 1.00. The van der Waals surface area contributed by atoms with Crippen LogP contribution in [0.1, 0.15) is 34.6 Å². The van der Waals surface area contributed by atoms with E-state index in [2.05, 4.69) is 27.0 Å². The van der Waals surface area contributed by atoms with Gasteiger partial charge < -0.3 is 4.74 Å². The van der Waals surface area contributed by atoms with Crippen molar-refractivity contribution in [2.75, 3.05) is 6.61 Å². The molecule has 0 aliphatic heterocycles. The molecule has 0 N–H and O–H groups in total. The molecule has 0 heterocycles. The number of hydrogen-bond donors (Lipinski definition) is 0. The predicted molar refractivity (Wildman–Crippen MR) is 65.2 cm³/mol. The van der Waals surface area contributed by atoms with Gasteiger partial charge in [-0.3, -0.25) is 0 Å². The maximum Gasteiger partial charge on any atom is 0.112 e. The normalized spacial score (nSPS) is 9.57. The van der Waals surface area contributed by atoms with Gasteiger partial charge in [0.1, 0.15) is 5.76 Å². The number of hydrogen-bond acceptors (Lipinski definition) is 1. The largest absolute Gasteiger partial charge is 0.494 e. The van der Waals surface area contributed by atoms with E-state index in [1.54, 1.807) is 0 Å². The Morgan fingerprint density at radius 1 is 1.21 bits per heavy atom. The minimum atomic E-state index is 0.542. The molecule has 0 spiro atoms. The molecule has 0 aromatic carbocycles. The summed E-state index contributed by atoms with van der Waals surface area (Å²) in [7, 11) is 0. The topological polar surface area (TPSA) is 9.23 Å². The van der Waals surface area contributed by atoms with Crippen LogP contribution in [0, 0.1) is 5.92 Å². The van der Waals surface area contributed by atoms with Crippen LogP contribution in [-0.2, 0) is 4.74 Å². The van der Waals surface area contributed by atoms with Crippen LogP contribution in [0.4, 0.5) is 0 Å². The monoisotopic (exact) mass is 196 g/mol. The fourth-order valence-electron chi connectivity index (χ4n) is 0.557. The Balaban J connectivity index is 0. The van der Waals surface area contributed by atoms with Crippen molar-refractivity contribution < 1.29 is 4.74 Å². The molecule has 1 heteroatoms. The van der Waals surface area contributed by atoms with Gasteiger partial charge in [0.15, 0.2) is 0 Å². The minimum absolute atomic E-state index is 0.542. The summed E-state index contributed by atoms with van der Waals surface area (Å²) in [6.45, 7) is 18.4. The maximum absolute atomic E-state index is 5.33. The van der Waals surface area contributed by atoms with E-state index < -0.39 is 0 Å². The summed E-state index contributed by atoms with van der Waals surface area (Å²) in [5, 5.41) is 0. The molecule has 0 amide bonds. The SMILES string of the molecule is C=C(C)/C=C\C(=C)OCC(C)C.CC. The van der Waals surface area contributed by atoms with Crippen LogP contribution < -0.4 is 0 Å². The molecule has 0 bridgehead atoms. The van der Waals surface area contributed by atoms with Gasteiger partial charge in [0, 0.05) is 0 Å². The van der Waals surface area contributed by atoms with E-state index in [0.29, 0.717) is 11.7 Å². The lowest BCUT2D eigenvalue weighted by molar-refractivity contribution is 0.191. The number of rotatable bonds is 5. The lowest BCUT2D eigenvalue weighted by Gasteiger charge is -2.07. The average Bonchev–Trinajstić information content (AvgIpc) is 2.14. The summed E-state index contributed by atoms with van der Waals surface area (Å²) in [4.78, 5) is 0. The van der Waals surface area contributed by atoms with Crippen LogP contribution in [0.5, 0.6) is 0 Å². The maximum atomic E-state index is 5.33. The second kappa shape index (κ2) is 10.1. The first-order chi connectivity index (χ1) is 6.52. The molecule has 0 aliphatic rings. The van der Waals surface area contributed by atoms with Gasteiger partial charge in [0.05, 0.1) is 6.61 Å². The van der Waals surface area contributed by atoms with Crippen molar-refractivity contribution in [3.8, 4) is 0 Å². The Labute approximate surface area is 89.2 Å². The summed E-state index contributed by atoms with van der Waals surface area (Å²) in [5.74, 6) is 1.24. The number of ether oxygens (including phenoxy) is 1. The van der Waals surface area contributed by atoms with Gasteiger partial charge in [-0.2, -0.15) is 0 Å². The first kappa shape index (κ1) is 15.5. The van der Waals surface area contributed by atoms with Crippen LogP contribution in [0.3, 0.4) is 0 Å². The Hall–Kier alpha value is -0.980. The van der Waals surface area contributed by atoms with Gasteiger partial charge in [-0.05, 0) is 18.9 Å². The van der Waals surface area contributed by atoms with Crippen molar-refractivity contribution in [2.24, 2.45) is 5.92 Å². The summed E-state index contributed by atoms with van der Waals surface area (Å²) < 4.78 is 5.33. The molecule has 0 unspecified atom stereocenters. The third-order valence-corrected chi connectivity index (χ3v) is 1.16. The molecule has 0 aromatic heterocycles. The van der Waals surface area contributed by atoms with E-state index in [1.807, 2.05) is 32.9 Å². The smallest absolute Gasteiger partial charge is 0.112 e. The van der Waals surface area contributed by atoms with E-state index in [4.69, 9.17) is 4.74 Å². The van der Waals surface area contributed by atoms with Crippen molar-refractivity contribution in [2.45, 2.75) is 34.6 Å². The summed E-state index contributed by atoms with van der Waals surface area (Å²) in [6, 6.07) is 0. The van der Waals surface area contributed by atoms with Gasteiger partial charge in [0.25, 0.3) is 0 Å². The van der Waals surface area contributed by atoms with Crippen LogP contribution in [0.25, 0.3) is 0 Å². The lowest BCUT2D eigenvalue weighted by Crippen LogP contribution is -1.99. The highest BCUT2D eigenvalue weighted by atomic mass is 16.5. The second-order valence-corrected chi connectivity index (χ2v) is 3.35. The van der Waals surface area contributed by atoms with E-state index in [-0.39, 0.29) is 0 Å². The van der Waals surface area contributed by atoms with Crippen LogP contribution in [0.15, 0.2) is 36.6 Å². The molecule has 0 saturated carbocycles. The fourth-order valence-corrected chi connectivity index (χ4v) is 0.557. The first-order valence-corrected chi connectivity index (χ1v) is 5.17. The van der Waals surface area contributed by atoms with Crippen molar-refractivity contribution in [1.82, 2.24) is 0 Å². The van der Waals surface area contributed by atoms with E-state index in [1.165, 1.54) is 0 Å². The molecular formula is C13H24O. The van der Waals surface area contributed by atoms with Crippen molar-refractivity contribution >= 4 is 0 Å².